The summed E-state index contributed by atoms with van der Waals surface area (Å²) >= 11 is 0. The smallest absolute Gasteiger partial charge is 0.115 e. The van der Waals surface area contributed by atoms with E-state index in [-0.39, 0.29) is 24.0 Å². The third kappa shape index (κ3) is 3.62. The third-order valence-corrected chi connectivity index (χ3v) is 10.6. The third-order valence-electron chi connectivity index (χ3n) is 5.61. The molecule has 1 fully saturated rings. The van der Waals surface area contributed by atoms with E-state index in [2.05, 4.69) is 91.0 Å². The van der Waals surface area contributed by atoms with Crippen molar-refractivity contribution in [3.63, 3.8) is 0 Å². The van der Waals surface area contributed by atoms with E-state index in [1.165, 1.54) is 32.1 Å². The van der Waals surface area contributed by atoms with Crippen LogP contribution in [0.1, 0.15) is 32.1 Å². The van der Waals surface area contributed by atoms with Crippen LogP contribution in [-0.4, -0.2) is 5.66 Å². The molecule has 0 N–H and O–H groups in total. The summed E-state index contributed by atoms with van der Waals surface area (Å²) in [6.45, 7) is 0. The summed E-state index contributed by atoms with van der Waals surface area (Å²) in [4.78, 5) is 0. The van der Waals surface area contributed by atoms with Crippen LogP contribution in [0.3, 0.4) is 0 Å². The molecule has 0 radical (unpaired) electrons. The van der Waals surface area contributed by atoms with Gasteiger partial charge in [0.2, 0.25) is 0 Å². The minimum atomic E-state index is -1.63. The molecule has 0 bridgehead atoms. The summed E-state index contributed by atoms with van der Waals surface area (Å²) in [6, 6.07) is 34.0. The van der Waals surface area contributed by atoms with Crippen molar-refractivity contribution in [2.24, 2.45) is 0 Å². The molecular weight excluding hydrogens is 446 g/mol. The molecule has 134 valence electrons. The van der Waals surface area contributed by atoms with Gasteiger partial charge < -0.3 is 24.0 Å². The second-order valence-electron chi connectivity index (χ2n) is 7.02. The first-order valence-corrected chi connectivity index (χ1v) is 11.3. The maximum absolute atomic E-state index is 2.38. The minimum Gasteiger partial charge on any atom is -1.00 e. The van der Waals surface area contributed by atoms with Crippen LogP contribution in [0.5, 0.6) is 0 Å². The van der Waals surface area contributed by atoms with E-state index in [1.807, 2.05) is 0 Å². The van der Waals surface area contributed by atoms with Gasteiger partial charge in [-0.15, -0.1) is 0 Å². The van der Waals surface area contributed by atoms with Crippen molar-refractivity contribution < 1.29 is 24.0 Å². The lowest BCUT2D eigenvalue weighted by molar-refractivity contribution is -0.00000487. The van der Waals surface area contributed by atoms with Gasteiger partial charge in [-0.1, -0.05) is 61.0 Å². The number of hydrogen-bond donors (Lipinski definition) is 0. The van der Waals surface area contributed by atoms with Gasteiger partial charge in [-0.25, -0.2) is 0 Å². The largest absolute Gasteiger partial charge is 1.00 e. The molecule has 0 unspecified atom stereocenters. The van der Waals surface area contributed by atoms with Gasteiger partial charge in [0.1, 0.15) is 23.2 Å². The maximum atomic E-state index is 2.38. The van der Waals surface area contributed by atoms with Crippen LogP contribution >= 0.6 is 7.26 Å². The SMILES string of the molecule is [I-].c1ccc([P+](c2ccccc2)(c2ccccc2)C2CCCCC2)cc1. The first-order valence-electron chi connectivity index (χ1n) is 9.48. The Labute approximate surface area is 175 Å². The highest BCUT2D eigenvalue weighted by atomic mass is 127. The summed E-state index contributed by atoms with van der Waals surface area (Å²) in [6.07, 6.45) is 6.85. The average Bonchev–Trinajstić information content (AvgIpc) is 2.72. The summed E-state index contributed by atoms with van der Waals surface area (Å²) in [5.41, 5.74) is 0.758. The first-order chi connectivity index (χ1) is 12.4. The van der Waals surface area contributed by atoms with E-state index < -0.39 is 7.26 Å². The lowest BCUT2D eigenvalue weighted by Gasteiger charge is -2.36. The maximum Gasteiger partial charge on any atom is 0.115 e. The Morgan fingerprint density at radius 3 is 1.19 bits per heavy atom. The quantitative estimate of drug-likeness (QED) is 0.404. The van der Waals surface area contributed by atoms with Crippen molar-refractivity contribution >= 4 is 23.2 Å². The molecule has 0 aromatic heterocycles. The predicted molar refractivity (Wildman–Crippen MR) is 112 cm³/mol. The average molecular weight is 472 g/mol. The summed E-state index contributed by atoms with van der Waals surface area (Å²) in [5.74, 6) is 0. The molecule has 0 amide bonds. The number of rotatable bonds is 4. The standard InChI is InChI=1S/C24H26P.HI/c1-5-13-21(14-6-1)25(22-15-7-2-8-16-22,23-17-9-3-10-18-23)24-19-11-4-12-20-24;/h1-3,5-10,13-18,24H,4,11-12,19-20H2;1H/q+1;/p-1. The molecule has 1 aliphatic carbocycles. The number of benzene rings is 3. The Morgan fingerprint density at radius 1 is 0.500 bits per heavy atom. The molecule has 26 heavy (non-hydrogen) atoms. The van der Waals surface area contributed by atoms with Gasteiger partial charge in [-0.2, -0.15) is 0 Å². The fraction of sp³-hybridized carbons (Fsp3) is 0.250. The molecule has 0 aliphatic heterocycles. The Bertz CT molecular complexity index is 684. The van der Waals surface area contributed by atoms with E-state index >= 15 is 0 Å². The van der Waals surface area contributed by atoms with Gasteiger partial charge in [0.25, 0.3) is 0 Å². The van der Waals surface area contributed by atoms with Gasteiger partial charge in [0, 0.05) is 0 Å². The van der Waals surface area contributed by atoms with E-state index in [9.17, 15) is 0 Å². The van der Waals surface area contributed by atoms with Crippen LogP contribution < -0.4 is 39.9 Å². The second kappa shape index (κ2) is 9.15. The monoisotopic (exact) mass is 472 g/mol. The van der Waals surface area contributed by atoms with E-state index in [1.54, 1.807) is 15.9 Å². The van der Waals surface area contributed by atoms with Crippen LogP contribution in [0, 0.1) is 0 Å². The molecule has 2 heteroatoms. The Kier molecular flexibility index (Phi) is 6.89. The van der Waals surface area contributed by atoms with Crippen molar-refractivity contribution in [1.82, 2.24) is 0 Å². The van der Waals surface area contributed by atoms with Crippen molar-refractivity contribution in [3.05, 3.63) is 91.0 Å². The number of hydrogen-bond acceptors (Lipinski definition) is 0. The van der Waals surface area contributed by atoms with Crippen LogP contribution in [0.15, 0.2) is 91.0 Å². The van der Waals surface area contributed by atoms with Crippen molar-refractivity contribution in [2.45, 2.75) is 37.8 Å². The predicted octanol–water partition coefficient (Wildman–Crippen LogP) is 2.32. The molecule has 0 spiro atoms. The molecule has 0 saturated heterocycles. The zero-order chi connectivity index (χ0) is 17.0. The topological polar surface area (TPSA) is 0 Å². The van der Waals surface area contributed by atoms with Crippen LogP contribution in [0.2, 0.25) is 0 Å². The highest BCUT2D eigenvalue weighted by Crippen LogP contribution is 2.63. The van der Waals surface area contributed by atoms with Crippen LogP contribution in [0.4, 0.5) is 0 Å². The highest BCUT2D eigenvalue weighted by molar-refractivity contribution is 7.96. The molecule has 3 aromatic rings. The molecule has 0 heterocycles. The Morgan fingerprint density at radius 2 is 0.846 bits per heavy atom. The summed E-state index contributed by atoms with van der Waals surface area (Å²) < 4.78 is 0. The minimum absolute atomic E-state index is 0. The lowest BCUT2D eigenvalue weighted by atomic mass is 10.0. The van der Waals surface area contributed by atoms with Crippen LogP contribution in [0.25, 0.3) is 0 Å². The van der Waals surface area contributed by atoms with Crippen molar-refractivity contribution in [3.8, 4) is 0 Å². The highest BCUT2D eigenvalue weighted by Gasteiger charge is 2.51. The summed E-state index contributed by atoms with van der Waals surface area (Å²) in [5, 5.41) is 4.62. The van der Waals surface area contributed by atoms with E-state index in [0.29, 0.717) is 0 Å². The van der Waals surface area contributed by atoms with E-state index in [0.717, 1.165) is 5.66 Å². The first kappa shape index (κ1) is 19.6. The molecule has 0 atom stereocenters. The zero-order valence-corrected chi connectivity index (χ0v) is 18.2. The van der Waals surface area contributed by atoms with Gasteiger partial charge in [0.15, 0.2) is 0 Å². The molecule has 1 saturated carbocycles. The molecular formula is C24H26IP. The molecule has 1 aliphatic rings. The fourth-order valence-electron chi connectivity index (χ4n) is 4.54. The van der Waals surface area contributed by atoms with Crippen molar-refractivity contribution in [2.75, 3.05) is 0 Å². The Balaban J connectivity index is 0.00000196. The Hall–Kier alpha value is -1.18. The van der Waals surface area contributed by atoms with Gasteiger partial charge in [-0.05, 0) is 62.1 Å². The zero-order valence-electron chi connectivity index (χ0n) is 15.1. The lowest BCUT2D eigenvalue weighted by Crippen LogP contribution is -3.00. The van der Waals surface area contributed by atoms with Gasteiger partial charge in [-0.3, -0.25) is 0 Å². The number of halogens is 1. The normalized spacial score (nSPS) is 15.2. The molecule has 3 aromatic carbocycles. The molecule has 4 rings (SSSR count). The van der Waals surface area contributed by atoms with Crippen molar-refractivity contribution in [1.29, 1.82) is 0 Å². The van der Waals surface area contributed by atoms with Gasteiger partial charge in [0.05, 0.1) is 5.66 Å². The van der Waals surface area contributed by atoms with Crippen LogP contribution in [-0.2, 0) is 0 Å². The fourth-order valence-corrected chi connectivity index (χ4v) is 9.76. The van der Waals surface area contributed by atoms with E-state index in [4.69, 9.17) is 0 Å². The summed E-state index contributed by atoms with van der Waals surface area (Å²) in [7, 11) is -1.63. The van der Waals surface area contributed by atoms with Gasteiger partial charge >= 0.3 is 0 Å². The molecule has 0 nitrogen and oxygen atoms in total. The second-order valence-corrected chi connectivity index (χ2v) is 10.7.